The van der Waals surface area contributed by atoms with Gasteiger partial charge in [0, 0.05) is 18.3 Å². The average Bonchev–Trinajstić information content (AvgIpc) is 3.16. The van der Waals surface area contributed by atoms with Crippen LogP contribution in [0.4, 0.5) is 11.4 Å². The van der Waals surface area contributed by atoms with Crippen molar-refractivity contribution in [2.45, 2.75) is 23.4 Å². The van der Waals surface area contributed by atoms with Crippen LogP contribution in [-0.2, 0) is 13.5 Å². The van der Waals surface area contributed by atoms with E-state index >= 15 is 0 Å². The molecule has 0 aliphatic rings. The van der Waals surface area contributed by atoms with Gasteiger partial charge in [-0.3, -0.25) is 9.36 Å². The summed E-state index contributed by atoms with van der Waals surface area (Å²) >= 11 is 1.14. The predicted molar refractivity (Wildman–Crippen MR) is 119 cm³/mol. The molecule has 2 heterocycles. The quantitative estimate of drug-likeness (QED) is 0.478. The second kappa shape index (κ2) is 8.03. The molecule has 0 fully saturated rings. The summed E-state index contributed by atoms with van der Waals surface area (Å²) in [6.45, 7) is 2.00. The first-order chi connectivity index (χ1) is 14.5. The molecule has 0 atom stereocenters. The lowest BCUT2D eigenvalue weighted by Crippen LogP contribution is -2.26. The van der Waals surface area contributed by atoms with Crippen LogP contribution < -0.4 is 17.0 Å². The number of nitrogens with two attached hydrogens (primary N) is 2. The van der Waals surface area contributed by atoms with Crippen molar-refractivity contribution in [3.05, 3.63) is 70.6 Å². The molecule has 2 aromatic heterocycles. The van der Waals surface area contributed by atoms with Crippen LogP contribution in [-0.4, -0.2) is 24.8 Å². The Morgan fingerprint density at radius 1 is 1.03 bits per heavy atom. The molecule has 9 heteroatoms. The Morgan fingerprint density at radius 3 is 2.37 bits per heavy atom. The molecular weight excluding hydrogens is 398 g/mol. The Bertz CT molecular complexity index is 1260. The van der Waals surface area contributed by atoms with E-state index < -0.39 is 0 Å². The summed E-state index contributed by atoms with van der Waals surface area (Å²) in [4.78, 5) is 14.0. The summed E-state index contributed by atoms with van der Waals surface area (Å²) in [5, 5.41) is 12.0. The summed E-state index contributed by atoms with van der Waals surface area (Å²) in [5.41, 5.74) is 16.6. The van der Waals surface area contributed by atoms with E-state index in [0.29, 0.717) is 33.5 Å². The van der Waals surface area contributed by atoms with Gasteiger partial charge in [0.1, 0.15) is 4.90 Å². The van der Waals surface area contributed by atoms with Gasteiger partial charge in [0.15, 0.2) is 0 Å². The molecule has 0 saturated carbocycles. The van der Waals surface area contributed by atoms with Gasteiger partial charge in [0.25, 0.3) is 5.56 Å². The van der Waals surface area contributed by atoms with Crippen LogP contribution in [0.1, 0.15) is 12.6 Å². The van der Waals surface area contributed by atoms with Gasteiger partial charge in [-0.25, -0.2) is 4.68 Å². The summed E-state index contributed by atoms with van der Waals surface area (Å²) in [6, 6.07) is 17.1. The Morgan fingerprint density at radius 2 is 1.73 bits per heavy atom. The van der Waals surface area contributed by atoms with Crippen LogP contribution in [0.25, 0.3) is 16.8 Å². The number of para-hydroxylation sites is 2. The summed E-state index contributed by atoms with van der Waals surface area (Å²) in [7, 11) is 1.71. The van der Waals surface area contributed by atoms with Crippen molar-refractivity contribution in [3.63, 3.8) is 0 Å². The van der Waals surface area contributed by atoms with Crippen LogP contribution in [0.2, 0.25) is 0 Å². The van der Waals surface area contributed by atoms with Gasteiger partial charge in [-0.15, -0.1) is 5.10 Å². The van der Waals surface area contributed by atoms with Crippen molar-refractivity contribution in [1.82, 2.24) is 24.8 Å². The van der Waals surface area contributed by atoms with E-state index in [1.165, 1.54) is 4.68 Å². The Hall–Kier alpha value is -3.59. The number of aryl methyl sites for hydroxylation is 1. The standard InChI is InChI=1S/C21H21N7OS/c1-3-15-17(13-9-5-4-6-10-13)18(23)19(30-21-24-25-26-27(21)2)20(29)28(15)16-12-8-7-11-14(16)22/h4-12H,3,22-23H2,1-2H3. The first kappa shape index (κ1) is 19.7. The van der Waals surface area contributed by atoms with E-state index in [1.54, 1.807) is 17.7 Å². The minimum absolute atomic E-state index is 0.255. The fourth-order valence-corrected chi connectivity index (χ4v) is 4.24. The smallest absolute Gasteiger partial charge is 0.271 e. The third-order valence-corrected chi connectivity index (χ3v) is 5.95. The molecule has 30 heavy (non-hydrogen) atoms. The normalized spacial score (nSPS) is 11.0. The van der Waals surface area contributed by atoms with E-state index in [-0.39, 0.29) is 5.56 Å². The van der Waals surface area contributed by atoms with Crippen LogP contribution in [0.3, 0.4) is 0 Å². The molecule has 0 bridgehead atoms. The minimum Gasteiger partial charge on any atom is -0.397 e. The first-order valence-corrected chi connectivity index (χ1v) is 10.2. The van der Waals surface area contributed by atoms with Crippen molar-refractivity contribution in [1.29, 1.82) is 0 Å². The number of hydrogen-bond donors (Lipinski definition) is 2. The number of rotatable bonds is 5. The number of aromatic nitrogens is 5. The second-order valence-electron chi connectivity index (χ2n) is 6.67. The second-order valence-corrected chi connectivity index (χ2v) is 7.65. The fourth-order valence-electron chi connectivity index (χ4n) is 3.43. The molecular formula is C21H21N7OS. The van der Waals surface area contributed by atoms with E-state index in [0.717, 1.165) is 28.6 Å². The predicted octanol–water partition coefficient (Wildman–Crippen LogP) is 2.91. The third kappa shape index (κ3) is 3.33. The molecule has 0 saturated heterocycles. The first-order valence-electron chi connectivity index (χ1n) is 9.40. The molecule has 8 nitrogen and oxygen atoms in total. The third-order valence-electron chi connectivity index (χ3n) is 4.82. The monoisotopic (exact) mass is 419 g/mol. The van der Waals surface area contributed by atoms with Crippen molar-refractivity contribution in [3.8, 4) is 16.8 Å². The molecule has 0 amide bonds. The lowest BCUT2D eigenvalue weighted by atomic mass is 9.99. The maximum atomic E-state index is 13.7. The highest BCUT2D eigenvalue weighted by Crippen LogP contribution is 2.38. The van der Waals surface area contributed by atoms with Gasteiger partial charge < -0.3 is 11.5 Å². The number of nitrogen functional groups attached to an aromatic ring is 2. The zero-order chi connectivity index (χ0) is 21.3. The van der Waals surface area contributed by atoms with Crippen LogP contribution in [0.5, 0.6) is 0 Å². The van der Waals surface area contributed by atoms with Gasteiger partial charge in [-0.05, 0) is 46.3 Å². The SMILES string of the molecule is CCc1c(-c2ccccc2)c(N)c(Sc2nnnn2C)c(=O)n1-c1ccccc1N. The minimum atomic E-state index is -0.255. The maximum absolute atomic E-state index is 13.7. The fraction of sp³-hybridized carbons (Fsp3) is 0.143. The summed E-state index contributed by atoms with van der Waals surface area (Å²) in [5.74, 6) is 0. The number of hydrogen-bond acceptors (Lipinski definition) is 7. The van der Waals surface area contributed by atoms with Gasteiger partial charge >= 0.3 is 0 Å². The molecule has 4 rings (SSSR count). The van der Waals surface area contributed by atoms with E-state index in [2.05, 4.69) is 15.5 Å². The zero-order valence-electron chi connectivity index (χ0n) is 16.6. The highest BCUT2D eigenvalue weighted by molar-refractivity contribution is 7.99. The zero-order valence-corrected chi connectivity index (χ0v) is 17.4. The lowest BCUT2D eigenvalue weighted by Gasteiger charge is -2.21. The van der Waals surface area contributed by atoms with Gasteiger partial charge in [0.05, 0.1) is 17.1 Å². The Kier molecular flexibility index (Phi) is 5.28. The summed E-state index contributed by atoms with van der Waals surface area (Å²) in [6.07, 6.45) is 0.592. The van der Waals surface area contributed by atoms with Crippen LogP contribution in [0, 0.1) is 0 Å². The molecule has 152 valence electrons. The number of benzene rings is 2. The highest BCUT2D eigenvalue weighted by atomic mass is 32.2. The van der Waals surface area contributed by atoms with E-state index in [9.17, 15) is 4.79 Å². The van der Waals surface area contributed by atoms with Crippen molar-refractivity contribution in [2.75, 3.05) is 11.5 Å². The van der Waals surface area contributed by atoms with Gasteiger partial charge in [0.2, 0.25) is 5.16 Å². The molecule has 0 spiro atoms. The van der Waals surface area contributed by atoms with Gasteiger partial charge in [-0.2, -0.15) is 0 Å². The largest absolute Gasteiger partial charge is 0.397 e. The molecule has 0 radical (unpaired) electrons. The molecule has 4 N–H and O–H groups in total. The van der Waals surface area contributed by atoms with E-state index in [4.69, 9.17) is 11.5 Å². The highest BCUT2D eigenvalue weighted by Gasteiger charge is 2.24. The number of nitrogens with zero attached hydrogens (tertiary/aromatic N) is 5. The summed E-state index contributed by atoms with van der Waals surface area (Å²) < 4.78 is 3.15. The Balaban J connectivity index is 2.09. The molecule has 0 aliphatic heterocycles. The number of anilines is 2. The maximum Gasteiger partial charge on any atom is 0.271 e. The van der Waals surface area contributed by atoms with Crippen molar-refractivity contribution in [2.24, 2.45) is 7.05 Å². The molecule has 4 aromatic rings. The molecule has 0 unspecified atom stereocenters. The van der Waals surface area contributed by atoms with Crippen LogP contribution >= 0.6 is 11.8 Å². The van der Waals surface area contributed by atoms with Gasteiger partial charge in [-0.1, -0.05) is 49.4 Å². The van der Waals surface area contributed by atoms with Crippen LogP contribution in [0.15, 0.2) is 69.4 Å². The Labute approximate surface area is 177 Å². The average molecular weight is 420 g/mol. The molecule has 0 aliphatic carbocycles. The van der Waals surface area contributed by atoms with Crippen molar-refractivity contribution < 1.29 is 0 Å². The molecule has 2 aromatic carbocycles. The lowest BCUT2D eigenvalue weighted by molar-refractivity contribution is 0.664. The van der Waals surface area contributed by atoms with Crippen molar-refractivity contribution >= 4 is 23.1 Å². The number of tetrazole rings is 1. The topological polar surface area (TPSA) is 118 Å². The number of pyridine rings is 1. The van der Waals surface area contributed by atoms with E-state index in [1.807, 2.05) is 55.5 Å².